The number of hydrogen-bond acceptors (Lipinski definition) is 5. The topological polar surface area (TPSA) is 56.3 Å². The van der Waals surface area contributed by atoms with Gasteiger partial charge in [0.1, 0.15) is 11.5 Å². The van der Waals surface area contributed by atoms with E-state index in [1.54, 1.807) is 7.05 Å². The first kappa shape index (κ1) is 13.9. The van der Waals surface area contributed by atoms with Crippen molar-refractivity contribution in [1.82, 2.24) is 9.97 Å². The van der Waals surface area contributed by atoms with Crippen LogP contribution in [0.4, 0.5) is 19.1 Å². The second kappa shape index (κ2) is 5.64. The Balaban J connectivity index is 2.06. The van der Waals surface area contributed by atoms with Gasteiger partial charge < -0.3 is 14.8 Å². The van der Waals surface area contributed by atoms with E-state index < -0.39 is 6.36 Å². The molecule has 1 aromatic heterocycles. The molecule has 0 aliphatic heterocycles. The van der Waals surface area contributed by atoms with Gasteiger partial charge in [0, 0.05) is 19.3 Å². The third-order valence-electron chi connectivity index (χ3n) is 2.13. The number of aromatic nitrogens is 2. The van der Waals surface area contributed by atoms with Crippen LogP contribution in [0.2, 0.25) is 0 Å². The molecule has 0 amide bonds. The summed E-state index contributed by atoms with van der Waals surface area (Å²) < 4.78 is 45.1. The molecule has 0 aliphatic rings. The van der Waals surface area contributed by atoms with Crippen LogP contribution in [0.5, 0.6) is 17.4 Å². The minimum absolute atomic E-state index is 0.272. The molecule has 106 valence electrons. The minimum Gasteiger partial charge on any atom is -0.439 e. The molecule has 0 aliphatic carbocycles. The Labute approximate surface area is 112 Å². The molecule has 8 heteroatoms. The van der Waals surface area contributed by atoms with Crippen molar-refractivity contribution in [3.8, 4) is 17.4 Å². The largest absolute Gasteiger partial charge is 0.573 e. The van der Waals surface area contributed by atoms with Gasteiger partial charge in [0.25, 0.3) is 0 Å². The highest BCUT2D eigenvalue weighted by atomic mass is 19.4. The second-order valence-electron chi connectivity index (χ2n) is 3.59. The third kappa shape index (κ3) is 4.01. The lowest BCUT2D eigenvalue weighted by molar-refractivity contribution is -0.274. The van der Waals surface area contributed by atoms with Gasteiger partial charge in [-0.05, 0) is 24.3 Å². The molecule has 0 radical (unpaired) electrons. The summed E-state index contributed by atoms with van der Waals surface area (Å²) in [5.74, 6) is 0.664. The summed E-state index contributed by atoms with van der Waals surface area (Å²) in [5, 5.41) is 2.74. The van der Waals surface area contributed by atoms with Crippen molar-refractivity contribution in [2.24, 2.45) is 0 Å². The summed E-state index contributed by atoms with van der Waals surface area (Å²) in [6, 6.07) is 6.54. The second-order valence-corrected chi connectivity index (χ2v) is 3.59. The summed E-state index contributed by atoms with van der Waals surface area (Å²) in [5.41, 5.74) is 0. The normalized spacial score (nSPS) is 11.0. The fourth-order valence-corrected chi connectivity index (χ4v) is 1.35. The Hall–Kier alpha value is -2.51. The predicted octanol–water partition coefficient (Wildman–Crippen LogP) is 3.21. The summed E-state index contributed by atoms with van der Waals surface area (Å²) in [6.45, 7) is 0. The van der Waals surface area contributed by atoms with Gasteiger partial charge in [-0.15, -0.1) is 13.2 Å². The van der Waals surface area contributed by atoms with Crippen LogP contribution in [-0.2, 0) is 0 Å². The number of hydrogen-bond donors (Lipinski definition) is 1. The van der Waals surface area contributed by atoms with E-state index in [4.69, 9.17) is 4.74 Å². The summed E-state index contributed by atoms with van der Waals surface area (Å²) >= 11 is 0. The first-order chi connectivity index (χ1) is 9.46. The Morgan fingerprint density at radius 3 is 2.30 bits per heavy atom. The van der Waals surface area contributed by atoms with Crippen molar-refractivity contribution in [3.63, 3.8) is 0 Å². The zero-order chi connectivity index (χ0) is 14.6. The van der Waals surface area contributed by atoms with E-state index in [9.17, 15) is 13.2 Å². The molecule has 1 N–H and O–H groups in total. The van der Waals surface area contributed by atoms with E-state index in [1.807, 2.05) is 0 Å². The smallest absolute Gasteiger partial charge is 0.439 e. The Bertz CT molecular complexity index is 573. The van der Waals surface area contributed by atoms with Crippen LogP contribution >= 0.6 is 0 Å². The fraction of sp³-hybridized carbons (Fsp3) is 0.167. The molecular formula is C12H10F3N3O2. The van der Waals surface area contributed by atoms with E-state index in [0.29, 0.717) is 11.7 Å². The maximum atomic E-state index is 12.0. The molecule has 0 unspecified atom stereocenters. The molecule has 2 aromatic rings. The molecule has 0 saturated heterocycles. The summed E-state index contributed by atoms with van der Waals surface area (Å²) in [6.07, 6.45) is -3.22. The Morgan fingerprint density at radius 2 is 1.70 bits per heavy atom. The monoisotopic (exact) mass is 285 g/mol. The summed E-state index contributed by atoms with van der Waals surface area (Å²) in [4.78, 5) is 7.92. The number of rotatable bonds is 4. The average molecular weight is 285 g/mol. The lowest BCUT2D eigenvalue weighted by Gasteiger charge is -2.09. The van der Waals surface area contributed by atoms with Crippen molar-refractivity contribution >= 4 is 5.95 Å². The molecule has 5 nitrogen and oxygen atoms in total. The van der Waals surface area contributed by atoms with Gasteiger partial charge >= 0.3 is 6.36 Å². The maximum Gasteiger partial charge on any atom is 0.573 e. The molecule has 1 aromatic carbocycles. The van der Waals surface area contributed by atoms with Crippen molar-refractivity contribution in [2.75, 3.05) is 12.4 Å². The fourth-order valence-electron chi connectivity index (χ4n) is 1.35. The average Bonchev–Trinajstić information content (AvgIpc) is 2.40. The van der Waals surface area contributed by atoms with Gasteiger partial charge in [0.2, 0.25) is 11.8 Å². The molecule has 20 heavy (non-hydrogen) atoms. The van der Waals surface area contributed by atoms with Crippen LogP contribution in [0.25, 0.3) is 0 Å². The molecule has 0 spiro atoms. The molecule has 1 heterocycles. The first-order valence-electron chi connectivity index (χ1n) is 5.51. The maximum absolute atomic E-state index is 12.0. The predicted molar refractivity (Wildman–Crippen MR) is 64.8 cm³/mol. The van der Waals surface area contributed by atoms with Gasteiger partial charge in [-0.1, -0.05) is 0 Å². The van der Waals surface area contributed by atoms with Crippen molar-refractivity contribution < 1.29 is 22.6 Å². The van der Waals surface area contributed by atoms with Crippen LogP contribution in [0.1, 0.15) is 0 Å². The number of anilines is 1. The van der Waals surface area contributed by atoms with Gasteiger partial charge in [0.15, 0.2) is 0 Å². The number of nitrogens with one attached hydrogen (secondary N) is 1. The number of ether oxygens (including phenoxy) is 2. The zero-order valence-electron chi connectivity index (χ0n) is 10.3. The van der Waals surface area contributed by atoms with Gasteiger partial charge in [-0.2, -0.15) is 4.98 Å². The number of halogens is 3. The van der Waals surface area contributed by atoms with Crippen LogP contribution in [0.3, 0.4) is 0 Å². The van der Waals surface area contributed by atoms with Crippen molar-refractivity contribution in [1.29, 1.82) is 0 Å². The van der Waals surface area contributed by atoms with Crippen molar-refractivity contribution in [3.05, 3.63) is 36.5 Å². The number of alkyl halides is 3. The molecule has 0 bridgehead atoms. The first-order valence-corrected chi connectivity index (χ1v) is 5.51. The molecule has 0 fully saturated rings. The van der Waals surface area contributed by atoms with Crippen LogP contribution < -0.4 is 14.8 Å². The molecule has 0 atom stereocenters. The van der Waals surface area contributed by atoms with E-state index in [0.717, 1.165) is 12.1 Å². The number of nitrogens with zero attached hydrogens (tertiary/aromatic N) is 2. The highest BCUT2D eigenvalue weighted by molar-refractivity contribution is 5.34. The van der Waals surface area contributed by atoms with Crippen LogP contribution in [-0.4, -0.2) is 23.4 Å². The quantitative estimate of drug-likeness (QED) is 0.934. The lowest BCUT2D eigenvalue weighted by atomic mass is 10.3. The van der Waals surface area contributed by atoms with Crippen LogP contribution in [0, 0.1) is 0 Å². The molecule has 0 saturated carbocycles. The van der Waals surface area contributed by atoms with E-state index in [1.165, 1.54) is 24.4 Å². The van der Waals surface area contributed by atoms with Gasteiger partial charge in [-0.25, -0.2) is 4.98 Å². The van der Waals surface area contributed by atoms with E-state index in [2.05, 4.69) is 20.0 Å². The Kier molecular flexibility index (Phi) is 3.92. The SMILES string of the molecule is CNc1nccc(Oc2ccc(OC(F)(F)F)cc2)n1. The third-order valence-corrected chi connectivity index (χ3v) is 2.13. The molecular weight excluding hydrogens is 275 g/mol. The lowest BCUT2D eigenvalue weighted by Crippen LogP contribution is -2.16. The Morgan fingerprint density at radius 1 is 1.05 bits per heavy atom. The number of benzene rings is 1. The highest BCUT2D eigenvalue weighted by Gasteiger charge is 2.30. The van der Waals surface area contributed by atoms with Gasteiger partial charge in [-0.3, -0.25) is 0 Å². The highest BCUT2D eigenvalue weighted by Crippen LogP contribution is 2.26. The van der Waals surface area contributed by atoms with E-state index >= 15 is 0 Å². The zero-order valence-corrected chi connectivity index (χ0v) is 10.3. The van der Waals surface area contributed by atoms with E-state index in [-0.39, 0.29) is 11.6 Å². The van der Waals surface area contributed by atoms with Gasteiger partial charge in [0.05, 0.1) is 0 Å². The van der Waals surface area contributed by atoms with Crippen LogP contribution in [0.15, 0.2) is 36.5 Å². The molecule has 2 rings (SSSR count). The van der Waals surface area contributed by atoms with Crippen molar-refractivity contribution in [2.45, 2.75) is 6.36 Å². The minimum atomic E-state index is -4.71. The standard InChI is InChI=1S/C12H10F3N3O2/c1-16-11-17-7-6-10(18-11)19-8-2-4-9(5-3-8)20-12(13,14)15/h2-7H,1H3,(H,16,17,18). The summed E-state index contributed by atoms with van der Waals surface area (Å²) in [7, 11) is 1.66.